The predicted molar refractivity (Wildman–Crippen MR) is 97.8 cm³/mol. The number of para-hydroxylation sites is 1. The van der Waals surface area contributed by atoms with E-state index in [1.807, 2.05) is 0 Å². The fourth-order valence-electron chi connectivity index (χ4n) is 2.96. The van der Waals surface area contributed by atoms with E-state index in [0.29, 0.717) is 0 Å². The molecule has 0 saturated heterocycles. The Morgan fingerprint density at radius 1 is 1.11 bits per heavy atom. The molecule has 1 aliphatic rings. The molecule has 0 radical (unpaired) electrons. The number of carbonyl (C=O) groups is 1. The van der Waals surface area contributed by atoms with Crippen molar-refractivity contribution in [2.75, 3.05) is 0 Å². The van der Waals surface area contributed by atoms with Gasteiger partial charge in [0.05, 0.1) is 6.54 Å². The molecule has 138 valence electrons. The molecule has 1 heterocycles. The van der Waals surface area contributed by atoms with Crippen LogP contribution in [-0.4, -0.2) is 26.6 Å². The van der Waals surface area contributed by atoms with E-state index < -0.39 is 11.6 Å². The first-order chi connectivity index (χ1) is 13.0. The Hall–Kier alpha value is -2.73. The number of benzene rings is 2. The van der Waals surface area contributed by atoms with Crippen LogP contribution >= 0.6 is 11.6 Å². The van der Waals surface area contributed by atoms with Gasteiger partial charge in [-0.15, -0.1) is 0 Å². The van der Waals surface area contributed by atoms with Gasteiger partial charge < -0.3 is 4.90 Å². The van der Waals surface area contributed by atoms with Gasteiger partial charge in [-0.1, -0.05) is 29.8 Å². The Morgan fingerprint density at radius 3 is 2.56 bits per heavy atom. The molecule has 1 aromatic heterocycles. The second-order valence-corrected chi connectivity index (χ2v) is 6.87. The van der Waals surface area contributed by atoms with Crippen molar-refractivity contribution in [1.82, 2.24) is 14.7 Å². The Kier molecular flexibility index (Phi) is 4.66. The van der Waals surface area contributed by atoms with Gasteiger partial charge in [-0.05, 0) is 43.2 Å². The van der Waals surface area contributed by atoms with Gasteiger partial charge in [0.1, 0.15) is 17.3 Å². The van der Waals surface area contributed by atoms with Gasteiger partial charge in [-0.2, -0.15) is 5.10 Å². The van der Waals surface area contributed by atoms with Crippen molar-refractivity contribution >= 4 is 17.5 Å². The molecular weight excluding hydrogens is 372 g/mol. The lowest BCUT2D eigenvalue weighted by atomic mass is 10.2. The Labute approximate surface area is 160 Å². The van der Waals surface area contributed by atoms with E-state index in [9.17, 15) is 13.6 Å². The molecule has 0 spiro atoms. The van der Waals surface area contributed by atoms with Crippen LogP contribution in [0.5, 0.6) is 0 Å². The highest BCUT2D eigenvalue weighted by molar-refractivity contribution is 6.31. The number of nitrogens with zero attached hydrogens (tertiary/aromatic N) is 3. The number of aromatic nitrogens is 2. The molecule has 1 aliphatic carbocycles. The molecular formula is C20H16ClF2N3O. The molecule has 7 heteroatoms. The molecule has 0 unspecified atom stereocenters. The topological polar surface area (TPSA) is 38.1 Å². The van der Waals surface area contributed by atoms with Crippen molar-refractivity contribution in [2.24, 2.45) is 0 Å². The number of rotatable bonds is 5. The molecule has 4 nitrogen and oxygen atoms in total. The van der Waals surface area contributed by atoms with E-state index >= 15 is 0 Å². The first-order valence-electron chi connectivity index (χ1n) is 8.59. The second-order valence-electron chi connectivity index (χ2n) is 6.46. The summed E-state index contributed by atoms with van der Waals surface area (Å²) >= 11 is 6.11. The standard InChI is InChI=1S/C20H16ClF2N3O/c21-15-4-3-6-16(22)14(15)12-25(13-8-9-13)20(27)18-10-11-26(24-18)19-7-2-1-5-17(19)23/h1-7,10-11,13H,8-9,12H2. The summed E-state index contributed by atoms with van der Waals surface area (Å²) in [4.78, 5) is 14.6. The van der Waals surface area contributed by atoms with Crippen LogP contribution in [0.4, 0.5) is 8.78 Å². The van der Waals surface area contributed by atoms with E-state index in [2.05, 4.69) is 5.10 Å². The fourth-order valence-corrected chi connectivity index (χ4v) is 3.19. The summed E-state index contributed by atoms with van der Waals surface area (Å²) in [5.74, 6) is -1.21. The van der Waals surface area contributed by atoms with Crippen LogP contribution in [0.1, 0.15) is 28.9 Å². The van der Waals surface area contributed by atoms with Gasteiger partial charge in [0.25, 0.3) is 5.91 Å². The minimum absolute atomic E-state index is 0.0341. The van der Waals surface area contributed by atoms with Crippen LogP contribution in [-0.2, 0) is 6.54 Å². The molecule has 2 aromatic carbocycles. The average Bonchev–Trinajstić information content (AvgIpc) is 3.37. The third-order valence-corrected chi connectivity index (χ3v) is 4.90. The van der Waals surface area contributed by atoms with Crippen LogP contribution in [0.2, 0.25) is 5.02 Å². The Balaban J connectivity index is 1.61. The lowest BCUT2D eigenvalue weighted by Crippen LogP contribution is -2.33. The van der Waals surface area contributed by atoms with Crippen molar-refractivity contribution in [3.63, 3.8) is 0 Å². The summed E-state index contributed by atoms with van der Waals surface area (Å²) in [6.07, 6.45) is 3.24. The fraction of sp³-hybridized carbons (Fsp3) is 0.200. The van der Waals surface area contributed by atoms with Crippen LogP contribution in [0.3, 0.4) is 0 Å². The molecule has 3 aromatic rings. The van der Waals surface area contributed by atoms with Crippen LogP contribution in [0.15, 0.2) is 54.7 Å². The molecule has 0 bridgehead atoms. The monoisotopic (exact) mass is 387 g/mol. The van der Waals surface area contributed by atoms with Gasteiger partial charge in [0.15, 0.2) is 5.69 Å². The second kappa shape index (κ2) is 7.12. The van der Waals surface area contributed by atoms with Crippen molar-refractivity contribution in [3.8, 4) is 5.69 Å². The SMILES string of the molecule is O=C(c1ccn(-c2ccccc2F)n1)N(Cc1c(F)cccc1Cl)C1CC1. The zero-order chi connectivity index (χ0) is 19.0. The van der Waals surface area contributed by atoms with Crippen molar-refractivity contribution in [3.05, 3.63) is 82.6 Å². The molecule has 1 saturated carbocycles. The van der Waals surface area contributed by atoms with Gasteiger partial charge >= 0.3 is 0 Å². The van der Waals surface area contributed by atoms with Gasteiger partial charge in [0, 0.05) is 22.8 Å². The Bertz CT molecular complexity index is 980. The van der Waals surface area contributed by atoms with Gasteiger partial charge in [-0.3, -0.25) is 4.79 Å². The van der Waals surface area contributed by atoms with E-state index in [4.69, 9.17) is 11.6 Å². The van der Waals surface area contributed by atoms with Gasteiger partial charge in [-0.25, -0.2) is 13.5 Å². The summed E-state index contributed by atoms with van der Waals surface area (Å²) in [5.41, 5.74) is 0.720. The first-order valence-corrected chi connectivity index (χ1v) is 8.97. The highest BCUT2D eigenvalue weighted by Gasteiger charge is 2.35. The maximum Gasteiger partial charge on any atom is 0.274 e. The lowest BCUT2D eigenvalue weighted by molar-refractivity contribution is 0.0722. The summed E-state index contributed by atoms with van der Waals surface area (Å²) < 4.78 is 29.4. The Morgan fingerprint density at radius 2 is 1.85 bits per heavy atom. The quantitative estimate of drug-likeness (QED) is 0.641. The average molecular weight is 388 g/mol. The molecule has 1 fully saturated rings. The lowest BCUT2D eigenvalue weighted by Gasteiger charge is -2.22. The van der Waals surface area contributed by atoms with Crippen molar-refractivity contribution in [1.29, 1.82) is 0 Å². The van der Waals surface area contributed by atoms with Crippen molar-refractivity contribution < 1.29 is 13.6 Å². The van der Waals surface area contributed by atoms with Crippen molar-refractivity contribution in [2.45, 2.75) is 25.4 Å². The van der Waals surface area contributed by atoms with E-state index in [1.54, 1.807) is 29.2 Å². The van der Waals surface area contributed by atoms with E-state index in [-0.39, 0.29) is 40.5 Å². The predicted octanol–water partition coefficient (Wildman–Crippen LogP) is 4.61. The van der Waals surface area contributed by atoms with Gasteiger partial charge in [0.2, 0.25) is 0 Å². The molecule has 1 amide bonds. The largest absolute Gasteiger partial charge is 0.330 e. The summed E-state index contributed by atoms with van der Waals surface area (Å²) in [6.45, 7) is 0.0710. The molecule has 0 aliphatic heterocycles. The highest BCUT2D eigenvalue weighted by Crippen LogP contribution is 2.32. The molecule has 0 atom stereocenters. The third kappa shape index (κ3) is 3.57. The minimum Gasteiger partial charge on any atom is -0.330 e. The van der Waals surface area contributed by atoms with E-state index in [1.165, 1.54) is 35.1 Å². The highest BCUT2D eigenvalue weighted by atomic mass is 35.5. The molecule has 4 rings (SSSR count). The molecule has 27 heavy (non-hydrogen) atoms. The summed E-state index contributed by atoms with van der Waals surface area (Å²) in [6, 6.07) is 12.2. The first kappa shape index (κ1) is 17.7. The summed E-state index contributed by atoms with van der Waals surface area (Å²) in [5, 5.41) is 4.50. The normalized spacial score (nSPS) is 13.6. The number of hydrogen-bond acceptors (Lipinski definition) is 2. The number of hydrogen-bond donors (Lipinski definition) is 0. The smallest absolute Gasteiger partial charge is 0.274 e. The zero-order valence-corrected chi connectivity index (χ0v) is 15.0. The van der Waals surface area contributed by atoms with Crippen LogP contribution in [0.25, 0.3) is 5.69 Å². The number of halogens is 3. The number of carbonyl (C=O) groups excluding carboxylic acids is 1. The summed E-state index contributed by atoms with van der Waals surface area (Å²) in [7, 11) is 0. The maximum atomic E-state index is 14.1. The zero-order valence-electron chi connectivity index (χ0n) is 14.3. The van der Waals surface area contributed by atoms with E-state index in [0.717, 1.165) is 12.8 Å². The maximum absolute atomic E-state index is 14.1. The third-order valence-electron chi connectivity index (χ3n) is 4.55. The van der Waals surface area contributed by atoms with Crippen LogP contribution < -0.4 is 0 Å². The number of amides is 1. The minimum atomic E-state index is -0.446. The van der Waals surface area contributed by atoms with Crippen LogP contribution in [0, 0.1) is 11.6 Å². The molecule has 0 N–H and O–H groups in total.